The van der Waals surface area contributed by atoms with Crippen molar-refractivity contribution >= 4 is 29.5 Å². The largest absolute Gasteiger partial charge is 0.460 e. The molecular weight excluding hydrogens is 496 g/mol. The monoisotopic (exact) mass is 528 g/mol. The Kier molecular flexibility index (Phi) is 7.49. The maximum Gasteiger partial charge on any atom is 0.414 e. The normalized spacial score (nSPS) is 17.3. The lowest BCUT2D eigenvalue weighted by Gasteiger charge is -2.36. The summed E-state index contributed by atoms with van der Waals surface area (Å²) in [6, 6.07) is 17.3. The van der Waals surface area contributed by atoms with Crippen LogP contribution in [-0.4, -0.2) is 73.3 Å². The molecule has 2 aromatic carbocycles. The van der Waals surface area contributed by atoms with Crippen molar-refractivity contribution in [3.63, 3.8) is 0 Å². The van der Waals surface area contributed by atoms with E-state index in [1.54, 1.807) is 48.5 Å². The predicted molar refractivity (Wildman–Crippen MR) is 147 cm³/mol. The number of amides is 2. The molecule has 0 bridgehead atoms. The second kappa shape index (κ2) is 11.1. The van der Waals surface area contributed by atoms with Gasteiger partial charge in [-0.1, -0.05) is 24.3 Å². The summed E-state index contributed by atoms with van der Waals surface area (Å²) in [4.78, 5) is 48.3. The number of nitrogens with zero attached hydrogens (tertiary/aromatic N) is 4. The van der Waals surface area contributed by atoms with Crippen molar-refractivity contribution in [3.05, 3.63) is 88.6 Å². The molecule has 202 valence electrons. The van der Waals surface area contributed by atoms with Crippen LogP contribution in [0.3, 0.4) is 0 Å². The SMILES string of the molecule is Cc1cc(C)c(N2CCN(C(=O)c3ccc(N4C(=O)OC[C@H]4COC(=O)c4ccccc4)cc3)CC2)nc1C. The minimum Gasteiger partial charge on any atom is -0.460 e. The average Bonchev–Trinajstić information content (AvgIpc) is 3.34. The number of aryl methyl sites for hydroxylation is 3. The zero-order valence-electron chi connectivity index (χ0n) is 22.4. The minimum absolute atomic E-state index is 0.000728. The van der Waals surface area contributed by atoms with Crippen molar-refractivity contribution in [3.8, 4) is 0 Å². The molecule has 1 aromatic heterocycles. The number of carbonyl (C=O) groups is 3. The van der Waals surface area contributed by atoms with Gasteiger partial charge in [-0.3, -0.25) is 9.69 Å². The Balaban J connectivity index is 1.20. The summed E-state index contributed by atoms with van der Waals surface area (Å²) in [6.07, 6.45) is -0.513. The molecular formula is C30H32N4O5. The number of ether oxygens (including phenoxy) is 2. The number of rotatable bonds is 6. The van der Waals surface area contributed by atoms with Crippen LogP contribution in [0, 0.1) is 20.8 Å². The molecule has 0 radical (unpaired) electrons. The van der Waals surface area contributed by atoms with Crippen molar-refractivity contribution in [2.45, 2.75) is 26.8 Å². The van der Waals surface area contributed by atoms with E-state index in [0.717, 1.165) is 17.1 Å². The van der Waals surface area contributed by atoms with Crippen molar-refractivity contribution < 1.29 is 23.9 Å². The van der Waals surface area contributed by atoms with Crippen LogP contribution < -0.4 is 9.80 Å². The molecule has 39 heavy (non-hydrogen) atoms. The Morgan fingerprint density at radius 3 is 2.31 bits per heavy atom. The molecule has 1 atom stereocenters. The van der Waals surface area contributed by atoms with Gasteiger partial charge in [-0.2, -0.15) is 0 Å². The second-order valence-corrected chi connectivity index (χ2v) is 9.92. The molecule has 2 aliphatic heterocycles. The molecule has 0 spiro atoms. The standard InChI is InChI=1S/C30H32N4O5/c1-20-17-21(2)27(31-22(20)3)32-13-15-33(16-14-32)28(35)23-9-11-25(12-10-23)34-26(19-39-30(34)37)18-38-29(36)24-7-5-4-6-8-24/h4-12,17,26H,13-16,18-19H2,1-3H3/t26-/m1/s1. The summed E-state index contributed by atoms with van der Waals surface area (Å²) < 4.78 is 10.7. The van der Waals surface area contributed by atoms with Gasteiger partial charge in [0.2, 0.25) is 0 Å². The van der Waals surface area contributed by atoms with E-state index in [-0.39, 0.29) is 19.1 Å². The van der Waals surface area contributed by atoms with Crippen molar-refractivity contribution in [1.29, 1.82) is 0 Å². The fourth-order valence-electron chi connectivity index (χ4n) is 4.95. The minimum atomic E-state index is -0.513. The van der Waals surface area contributed by atoms with Gasteiger partial charge in [0, 0.05) is 43.1 Å². The molecule has 0 unspecified atom stereocenters. The van der Waals surface area contributed by atoms with E-state index in [1.807, 2.05) is 17.9 Å². The lowest BCUT2D eigenvalue weighted by Crippen LogP contribution is -2.49. The highest BCUT2D eigenvalue weighted by atomic mass is 16.6. The van der Waals surface area contributed by atoms with E-state index in [4.69, 9.17) is 14.5 Å². The van der Waals surface area contributed by atoms with Crippen molar-refractivity contribution in [2.75, 3.05) is 49.2 Å². The Morgan fingerprint density at radius 1 is 0.923 bits per heavy atom. The van der Waals surface area contributed by atoms with Crippen LogP contribution in [0.1, 0.15) is 37.5 Å². The molecule has 3 aromatic rings. The molecule has 0 aliphatic carbocycles. The van der Waals surface area contributed by atoms with Gasteiger partial charge in [0.15, 0.2) is 0 Å². The van der Waals surface area contributed by atoms with Gasteiger partial charge >= 0.3 is 12.1 Å². The highest BCUT2D eigenvalue weighted by molar-refractivity contribution is 5.96. The van der Waals surface area contributed by atoms with Crippen LogP contribution in [0.15, 0.2) is 60.7 Å². The van der Waals surface area contributed by atoms with Crippen LogP contribution in [0.2, 0.25) is 0 Å². The smallest absolute Gasteiger partial charge is 0.414 e. The first kappa shape index (κ1) is 26.2. The van der Waals surface area contributed by atoms with Gasteiger partial charge in [-0.15, -0.1) is 0 Å². The van der Waals surface area contributed by atoms with Crippen LogP contribution >= 0.6 is 0 Å². The van der Waals surface area contributed by atoms with Gasteiger partial charge in [0.05, 0.1) is 5.56 Å². The number of carbonyl (C=O) groups excluding carboxylic acids is 3. The van der Waals surface area contributed by atoms with E-state index in [0.29, 0.717) is 43.0 Å². The van der Waals surface area contributed by atoms with E-state index in [1.165, 1.54) is 10.5 Å². The second-order valence-electron chi connectivity index (χ2n) is 9.92. The molecule has 9 heteroatoms. The zero-order chi connectivity index (χ0) is 27.5. The number of anilines is 2. The van der Waals surface area contributed by atoms with Crippen molar-refractivity contribution in [1.82, 2.24) is 9.88 Å². The molecule has 0 saturated carbocycles. The molecule has 5 rings (SSSR count). The molecule has 9 nitrogen and oxygen atoms in total. The summed E-state index contributed by atoms with van der Waals surface area (Å²) >= 11 is 0. The Labute approximate surface area is 227 Å². The number of benzene rings is 2. The van der Waals surface area contributed by atoms with Gasteiger partial charge < -0.3 is 19.3 Å². The third-order valence-electron chi connectivity index (χ3n) is 7.27. The van der Waals surface area contributed by atoms with E-state index < -0.39 is 18.1 Å². The van der Waals surface area contributed by atoms with Crippen LogP contribution in [-0.2, 0) is 9.47 Å². The van der Waals surface area contributed by atoms with Crippen LogP contribution in [0.5, 0.6) is 0 Å². The number of aromatic nitrogens is 1. The number of piperazine rings is 1. The lowest BCUT2D eigenvalue weighted by molar-refractivity contribution is 0.0475. The highest BCUT2D eigenvalue weighted by Crippen LogP contribution is 2.26. The van der Waals surface area contributed by atoms with Crippen LogP contribution in [0.4, 0.5) is 16.3 Å². The molecule has 2 amide bonds. The van der Waals surface area contributed by atoms with Gasteiger partial charge in [-0.05, 0) is 68.3 Å². The quantitative estimate of drug-likeness (QED) is 0.444. The Hall–Kier alpha value is -4.40. The van der Waals surface area contributed by atoms with E-state index in [9.17, 15) is 14.4 Å². The first-order chi connectivity index (χ1) is 18.8. The van der Waals surface area contributed by atoms with E-state index in [2.05, 4.69) is 24.8 Å². The number of hydrogen-bond donors (Lipinski definition) is 0. The summed E-state index contributed by atoms with van der Waals surface area (Å²) in [6.45, 7) is 8.88. The van der Waals surface area contributed by atoms with Crippen molar-refractivity contribution in [2.24, 2.45) is 0 Å². The highest BCUT2D eigenvalue weighted by Gasteiger charge is 2.35. The maximum atomic E-state index is 13.2. The topological polar surface area (TPSA) is 92.3 Å². The molecule has 2 aliphatic rings. The fraction of sp³-hybridized carbons (Fsp3) is 0.333. The molecule has 3 heterocycles. The number of esters is 1. The third kappa shape index (κ3) is 5.57. The lowest BCUT2D eigenvalue weighted by atomic mass is 10.1. The van der Waals surface area contributed by atoms with Gasteiger partial charge in [-0.25, -0.2) is 14.6 Å². The summed E-state index contributed by atoms with van der Waals surface area (Å²) in [5, 5.41) is 0. The molecule has 2 fully saturated rings. The Morgan fingerprint density at radius 2 is 1.62 bits per heavy atom. The first-order valence-electron chi connectivity index (χ1n) is 13.1. The summed E-state index contributed by atoms with van der Waals surface area (Å²) in [5.74, 6) is 0.471. The summed E-state index contributed by atoms with van der Waals surface area (Å²) in [5.41, 5.74) is 4.91. The van der Waals surface area contributed by atoms with Gasteiger partial charge in [0.1, 0.15) is 25.1 Å². The first-order valence-corrected chi connectivity index (χ1v) is 13.1. The summed E-state index contributed by atoms with van der Waals surface area (Å²) in [7, 11) is 0. The molecule has 0 N–H and O–H groups in total. The van der Waals surface area contributed by atoms with E-state index >= 15 is 0 Å². The third-order valence-corrected chi connectivity index (χ3v) is 7.27. The molecule has 2 saturated heterocycles. The zero-order valence-corrected chi connectivity index (χ0v) is 22.4. The predicted octanol–water partition coefficient (Wildman–Crippen LogP) is 4.15. The van der Waals surface area contributed by atoms with Gasteiger partial charge in [0.25, 0.3) is 5.91 Å². The maximum absolute atomic E-state index is 13.2. The Bertz CT molecular complexity index is 1370. The average molecular weight is 529 g/mol. The van der Waals surface area contributed by atoms with Crippen LogP contribution in [0.25, 0.3) is 0 Å². The fourth-order valence-corrected chi connectivity index (χ4v) is 4.95. The number of cyclic esters (lactones) is 1. The number of hydrogen-bond acceptors (Lipinski definition) is 7. The number of pyridine rings is 1.